The molecule has 0 radical (unpaired) electrons. The Kier molecular flexibility index (Phi) is 6.55. The summed E-state index contributed by atoms with van der Waals surface area (Å²) in [5, 5.41) is 2.79. The average Bonchev–Trinajstić information content (AvgIpc) is 2.59. The summed E-state index contributed by atoms with van der Waals surface area (Å²) in [5.41, 5.74) is 0.433. The van der Waals surface area contributed by atoms with Gasteiger partial charge in [0.15, 0.2) is 0 Å². The second-order valence-electron chi connectivity index (χ2n) is 5.61. The molecule has 0 aromatic heterocycles. The van der Waals surface area contributed by atoms with Gasteiger partial charge in [-0.15, -0.1) is 0 Å². The number of para-hydroxylation sites is 2. The predicted octanol–water partition coefficient (Wildman–Crippen LogP) is 2.49. The summed E-state index contributed by atoms with van der Waals surface area (Å²) >= 11 is 0. The summed E-state index contributed by atoms with van der Waals surface area (Å²) in [6.45, 7) is 0.722. The van der Waals surface area contributed by atoms with Crippen LogP contribution >= 0.6 is 0 Å². The van der Waals surface area contributed by atoms with E-state index in [9.17, 15) is 13.2 Å². The minimum absolute atomic E-state index is 0.256. The monoisotopic (exact) mass is 362 g/mol. The third-order valence-corrected chi connectivity index (χ3v) is 4.92. The molecule has 0 saturated heterocycles. The van der Waals surface area contributed by atoms with E-state index in [0.29, 0.717) is 36.6 Å². The van der Waals surface area contributed by atoms with Crippen LogP contribution in [0.2, 0.25) is 0 Å². The zero-order valence-electron chi connectivity index (χ0n) is 14.3. The number of amides is 1. The van der Waals surface area contributed by atoms with Crippen molar-refractivity contribution >= 4 is 15.9 Å². The van der Waals surface area contributed by atoms with Crippen molar-refractivity contribution < 1.29 is 17.9 Å². The molecule has 0 bridgehead atoms. The van der Waals surface area contributed by atoms with Crippen LogP contribution in [0.25, 0.3) is 0 Å². The number of sulfonamides is 1. The van der Waals surface area contributed by atoms with E-state index in [1.54, 1.807) is 24.3 Å². The number of carbonyl (C=O) groups excluding carboxylic acids is 1. The fourth-order valence-electron chi connectivity index (χ4n) is 2.12. The molecule has 1 amide bonds. The smallest absolute Gasteiger partial charge is 0.255 e. The van der Waals surface area contributed by atoms with Crippen molar-refractivity contribution in [3.63, 3.8) is 0 Å². The van der Waals surface area contributed by atoms with Crippen molar-refractivity contribution in [2.75, 3.05) is 26.4 Å². The Hall–Kier alpha value is -2.38. The highest BCUT2D eigenvalue weighted by Gasteiger charge is 2.13. The number of nitrogens with one attached hydrogen (secondary N) is 1. The molecule has 0 aliphatic carbocycles. The van der Waals surface area contributed by atoms with Gasteiger partial charge in [-0.25, -0.2) is 12.7 Å². The number of hydrogen-bond acceptors (Lipinski definition) is 4. The third-order valence-electron chi connectivity index (χ3n) is 3.60. The van der Waals surface area contributed by atoms with Crippen LogP contribution in [-0.4, -0.2) is 45.0 Å². The summed E-state index contributed by atoms with van der Waals surface area (Å²) in [4.78, 5) is 12.4. The second-order valence-corrected chi connectivity index (χ2v) is 7.69. The number of carbonyl (C=O) groups is 1. The summed E-state index contributed by atoms with van der Waals surface area (Å²) in [7, 11) is -1.68. The quantitative estimate of drug-likeness (QED) is 0.732. The van der Waals surface area contributed by atoms with E-state index in [0.717, 1.165) is 6.26 Å². The normalized spacial score (nSPS) is 11.3. The van der Waals surface area contributed by atoms with Crippen LogP contribution in [0.15, 0.2) is 54.6 Å². The zero-order valence-corrected chi connectivity index (χ0v) is 15.1. The van der Waals surface area contributed by atoms with Gasteiger partial charge in [0.2, 0.25) is 10.0 Å². The molecule has 0 saturated carbocycles. The molecule has 0 fully saturated rings. The van der Waals surface area contributed by atoms with E-state index >= 15 is 0 Å². The molecule has 0 aliphatic rings. The molecular formula is C18H22N2O4S. The van der Waals surface area contributed by atoms with Crippen LogP contribution in [0.3, 0.4) is 0 Å². The molecule has 25 heavy (non-hydrogen) atoms. The van der Waals surface area contributed by atoms with Crippen molar-refractivity contribution in [1.29, 1.82) is 0 Å². The summed E-state index contributed by atoms with van der Waals surface area (Å²) < 4.78 is 29.7. The second kappa shape index (κ2) is 8.64. The number of ether oxygens (including phenoxy) is 1. The summed E-state index contributed by atoms with van der Waals surface area (Å²) in [6.07, 6.45) is 1.68. The molecule has 0 aliphatic heterocycles. The van der Waals surface area contributed by atoms with Gasteiger partial charge in [-0.3, -0.25) is 4.79 Å². The molecule has 1 N–H and O–H groups in total. The van der Waals surface area contributed by atoms with Gasteiger partial charge in [0.05, 0.1) is 11.8 Å². The van der Waals surface area contributed by atoms with Gasteiger partial charge in [-0.2, -0.15) is 0 Å². The lowest BCUT2D eigenvalue weighted by Gasteiger charge is -2.14. The van der Waals surface area contributed by atoms with Crippen LogP contribution < -0.4 is 10.1 Å². The zero-order chi connectivity index (χ0) is 18.3. The SMILES string of the molecule is CN(CCCNC(=O)c1ccccc1Oc1ccccc1)S(C)(=O)=O. The minimum atomic E-state index is -3.20. The molecule has 2 rings (SSSR count). The Morgan fingerprint density at radius 1 is 1.08 bits per heavy atom. The predicted molar refractivity (Wildman–Crippen MR) is 97.4 cm³/mol. The number of nitrogens with zero attached hydrogens (tertiary/aromatic N) is 1. The van der Waals surface area contributed by atoms with Crippen molar-refractivity contribution in [1.82, 2.24) is 9.62 Å². The average molecular weight is 362 g/mol. The molecule has 0 unspecified atom stereocenters. The summed E-state index contributed by atoms with van der Waals surface area (Å²) in [6, 6.07) is 16.2. The lowest BCUT2D eigenvalue weighted by molar-refractivity contribution is 0.0950. The molecular weight excluding hydrogens is 340 g/mol. The van der Waals surface area contributed by atoms with Gasteiger partial charge in [-0.05, 0) is 30.7 Å². The summed E-state index contributed by atoms with van der Waals surface area (Å²) in [5.74, 6) is 0.866. The van der Waals surface area contributed by atoms with E-state index < -0.39 is 10.0 Å². The Morgan fingerprint density at radius 3 is 2.40 bits per heavy atom. The maximum absolute atomic E-state index is 12.4. The number of hydrogen-bond donors (Lipinski definition) is 1. The van der Waals surface area contributed by atoms with Gasteiger partial charge < -0.3 is 10.1 Å². The first-order valence-corrected chi connectivity index (χ1v) is 9.74. The van der Waals surface area contributed by atoms with Gasteiger partial charge in [0.1, 0.15) is 11.5 Å². The Balaban J connectivity index is 1.94. The Morgan fingerprint density at radius 2 is 1.72 bits per heavy atom. The Labute approximate surface area is 148 Å². The molecule has 7 heteroatoms. The minimum Gasteiger partial charge on any atom is -0.457 e. The topological polar surface area (TPSA) is 75.7 Å². The van der Waals surface area contributed by atoms with E-state index in [2.05, 4.69) is 5.32 Å². The maximum atomic E-state index is 12.4. The highest BCUT2D eigenvalue weighted by Crippen LogP contribution is 2.24. The van der Waals surface area contributed by atoms with Crippen LogP contribution in [0, 0.1) is 0 Å². The third kappa shape index (κ3) is 5.88. The molecule has 2 aromatic carbocycles. The molecule has 2 aromatic rings. The fourth-order valence-corrected chi connectivity index (χ4v) is 2.58. The van der Waals surface area contributed by atoms with Gasteiger partial charge in [-0.1, -0.05) is 30.3 Å². The molecule has 0 heterocycles. The Bertz CT molecular complexity index is 807. The standard InChI is InChI=1S/C18H22N2O4S/c1-20(25(2,22)23)14-8-13-19-18(21)16-11-6-7-12-17(16)24-15-9-4-3-5-10-15/h3-7,9-12H,8,13-14H2,1-2H3,(H,19,21). The molecule has 6 nitrogen and oxygen atoms in total. The van der Waals surface area contributed by atoms with Crippen LogP contribution in [0.1, 0.15) is 16.8 Å². The first-order chi connectivity index (χ1) is 11.9. The van der Waals surface area contributed by atoms with Crippen molar-refractivity contribution in [2.24, 2.45) is 0 Å². The van der Waals surface area contributed by atoms with Crippen molar-refractivity contribution in [3.05, 3.63) is 60.2 Å². The van der Waals surface area contributed by atoms with E-state index in [1.807, 2.05) is 30.3 Å². The number of rotatable bonds is 8. The van der Waals surface area contributed by atoms with Gasteiger partial charge in [0.25, 0.3) is 5.91 Å². The first-order valence-electron chi connectivity index (χ1n) is 7.89. The van der Waals surface area contributed by atoms with E-state index in [1.165, 1.54) is 11.4 Å². The maximum Gasteiger partial charge on any atom is 0.255 e. The molecule has 0 spiro atoms. The fraction of sp³-hybridized carbons (Fsp3) is 0.278. The van der Waals surface area contributed by atoms with E-state index in [-0.39, 0.29) is 5.91 Å². The van der Waals surface area contributed by atoms with E-state index in [4.69, 9.17) is 4.74 Å². The van der Waals surface area contributed by atoms with Crippen LogP contribution in [-0.2, 0) is 10.0 Å². The highest BCUT2D eigenvalue weighted by molar-refractivity contribution is 7.88. The molecule has 134 valence electrons. The van der Waals surface area contributed by atoms with Crippen LogP contribution in [0.5, 0.6) is 11.5 Å². The van der Waals surface area contributed by atoms with Gasteiger partial charge in [0, 0.05) is 20.1 Å². The van der Waals surface area contributed by atoms with Gasteiger partial charge >= 0.3 is 0 Å². The van der Waals surface area contributed by atoms with Crippen LogP contribution in [0.4, 0.5) is 0 Å². The first kappa shape index (κ1) is 19.0. The molecule has 0 atom stereocenters. The van der Waals surface area contributed by atoms with Crippen molar-refractivity contribution in [3.8, 4) is 11.5 Å². The number of benzene rings is 2. The lowest BCUT2D eigenvalue weighted by Crippen LogP contribution is -2.31. The van der Waals surface area contributed by atoms with Crippen molar-refractivity contribution in [2.45, 2.75) is 6.42 Å². The largest absolute Gasteiger partial charge is 0.457 e. The lowest BCUT2D eigenvalue weighted by atomic mass is 10.2. The highest BCUT2D eigenvalue weighted by atomic mass is 32.2.